The second kappa shape index (κ2) is 8.55. The highest BCUT2D eigenvalue weighted by molar-refractivity contribution is 7.99. The van der Waals surface area contributed by atoms with Gasteiger partial charge in [-0.1, -0.05) is 23.7 Å². The fraction of sp³-hybridized carbons (Fsp3) is 0.333. The molecule has 0 unspecified atom stereocenters. The molecule has 0 spiro atoms. The average molecular weight is 431 g/mol. The van der Waals surface area contributed by atoms with E-state index in [9.17, 15) is 9.59 Å². The largest absolute Gasteiger partial charge is 0.369 e. The van der Waals surface area contributed by atoms with Crippen molar-refractivity contribution < 1.29 is 4.79 Å². The van der Waals surface area contributed by atoms with Gasteiger partial charge < -0.3 is 10.2 Å². The summed E-state index contributed by atoms with van der Waals surface area (Å²) in [6.07, 6.45) is 0. The van der Waals surface area contributed by atoms with Gasteiger partial charge in [0.25, 0.3) is 0 Å². The lowest BCUT2D eigenvalue weighted by Crippen LogP contribution is -2.32. The Morgan fingerprint density at radius 2 is 1.79 bits per heavy atom. The minimum absolute atomic E-state index is 0.0466. The molecule has 1 amide bonds. The van der Waals surface area contributed by atoms with Crippen molar-refractivity contribution in [3.63, 3.8) is 0 Å². The number of fused-ring (bicyclic) bond motifs is 1. The minimum Gasteiger partial charge on any atom is -0.369 e. The summed E-state index contributed by atoms with van der Waals surface area (Å²) < 4.78 is 3.18. The number of para-hydroxylation sites is 2. The molecule has 0 radical (unpaired) electrons. The number of halogens is 1. The molecule has 152 valence electrons. The Hall–Kier alpha value is -2.38. The molecule has 0 atom stereocenters. The van der Waals surface area contributed by atoms with Crippen LogP contribution in [0.2, 0.25) is 5.02 Å². The van der Waals surface area contributed by atoms with Gasteiger partial charge in [0.15, 0.2) is 0 Å². The highest BCUT2D eigenvalue weighted by atomic mass is 35.5. The van der Waals surface area contributed by atoms with Crippen molar-refractivity contribution in [2.24, 2.45) is 0 Å². The molecule has 4 rings (SSSR count). The number of hydrogen-bond donors (Lipinski definition) is 1. The predicted octanol–water partition coefficient (Wildman–Crippen LogP) is 3.67. The molecule has 2 heterocycles. The van der Waals surface area contributed by atoms with Crippen LogP contribution in [0.4, 0.5) is 11.4 Å². The van der Waals surface area contributed by atoms with Gasteiger partial charge in [-0.2, -0.15) is 11.8 Å². The van der Waals surface area contributed by atoms with Crippen molar-refractivity contribution in [1.29, 1.82) is 0 Å². The highest BCUT2D eigenvalue weighted by Gasteiger charge is 2.17. The Balaban J connectivity index is 1.52. The van der Waals surface area contributed by atoms with Gasteiger partial charge in [0.1, 0.15) is 6.54 Å². The van der Waals surface area contributed by atoms with E-state index in [2.05, 4.69) is 10.2 Å². The summed E-state index contributed by atoms with van der Waals surface area (Å²) in [6, 6.07) is 13.1. The standard InChI is InChI=1S/C21H23ClN4O2S/c1-2-25-18-5-3-4-6-19(18)26(21(25)28)14-20(27)23-15-7-8-17(16(22)13-15)24-9-11-29-12-10-24/h3-8,13H,2,9-12,14H2,1H3,(H,23,27). The first-order chi connectivity index (χ1) is 14.1. The number of nitrogens with one attached hydrogen (secondary N) is 1. The van der Waals surface area contributed by atoms with Gasteiger partial charge in [-0.3, -0.25) is 13.9 Å². The maximum absolute atomic E-state index is 12.7. The third kappa shape index (κ3) is 4.02. The zero-order valence-electron chi connectivity index (χ0n) is 16.2. The van der Waals surface area contributed by atoms with Crippen LogP contribution in [0.3, 0.4) is 0 Å². The first kappa shape index (κ1) is 19.9. The molecule has 1 saturated heterocycles. The summed E-state index contributed by atoms with van der Waals surface area (Å²) in [7, 11) is 0. The Bertz CT molecular complexity index is 1100. The number of thioether (sulfide) groups is 1. The molecule has 1 N–H and O–H groups in total. The Morgan fingerprint density at radius 3 is 2.45 bits per heavy atom. The monoisotopic (exact) mass is 430 g/mol. The molecule has 6 nitrogen and oxygen atoms in total. The van der Waals surface area contributed by atoms with Gasteiger partial charge in [-0.25, -0.2) is 4.79 Å². The second-order valence-corrected chi connectivity index (χ2v) is 8.55. The number of imidazole rings is 1. The number of aryl methyl sites for hydroxylation is 1. The molecular weight excluding hydrogens is 408 g/mol. The molecule has 3 aromatic rings. The summed E-state index contributed by atoms with van der Waals surface area (Å²) >= 11 is 8.42. The van der Waals surface area contributed by atoms with Crippen LogP contribution in [0, 0.1) is 0 Å². The number of amides is 1. The quantitative estimate of drug-likeness (QED) is 0.671. The number of carbonyl (C=O) groups excluding carboxylic acids is 1. The van der Waals surface area contributed by atoms with Crippen LogP contribution in [0.25, 0.3) is 11.0 Å². The fourth-order valence-corrected chi connectivity index (χ4v) is 4.92. The van der Waals surface area contributed by atoms with Crippen molar-refractivity contribution >= 4 is 51.7 Å². The molecule has 29 heavy (non-hydrogen) atoms. The Labute approximate surface area is 178 Å². The molecule has 8 heteroatoms. The molecular formula is C21H23ClN4O2S. The van der Waals surface area contributed by atoms with Gasteiger partial charge in [0.05, 0.1) is 21.7 Å². The van der Waals surface area contributed by atoms with Crippen molar-refractivity contribution in [2.45, 2.75) is 20.0 Å². The van der Waals surface area contributed by atoms with Crippen molar-refractivity contribution in [2.75, 3.05) is 34.8 Å². The maximum Gasteiger partial charge on any atom is 0.329 e. The zero-order valence-corrected chi connectivity index (χ0v) is 17.8. The summed E-state index contributed by atoms with van der Waals surface area (Å²) in [4.78, 5) is 27.6. The van der Waals surface area contributed by atoms with E-state index < -0.39 is 0 Å². The first-order valence-electron chi connectivity index (χ1n) is 9.68. The van der Waals surface area contributed by atoms with E-state index in [-0.39, 0.29) is 18.1 Å². The minimum atomic E-state index is -0.260. The zero-order chi connectivity index (χ0) is 20.4. The average Bonchev–Trinajstić information content (AvgIpc) is 2.99. The molecule has 0 saturated carbocycles. The van der Waals surface area contributed by atoms with E-state index in [0.29, 0.717) is 17.3 Å². The van der Waals surface area contributed by atoms with Crippen molar-refractivity contribution in [3.8, 4) is 0 Å². The predicted molar refractivity (Wildman–Crippen MR) is 121 cm³/mol. The van der Waals surface area contributed by atoms with E-state index in [1.165, 1.54) is 4.57 Å². The highest BCUT2D eigenvalue weighted by Crippen LogP contribution is 2.30. The topological polar surface area (TPSA) is 59.3 Å². The van der Waals surface area contributed by atoms with Gasteiger partial charge in [-0.05, 0) is 37.3 Å². The van der Waals surface area contributed by atoms with Crippen LogP contribution in [0.15, 0.2) is 47.3 Å². The summed E-state index contributed by atoms with van der Waals surface area (Å²) in [5.74, 6) is 1.92. The number of nitrogens with zero attached hydrogens (tertiary/aromatic N) is 3. The fourth-order valence-electron chi connectivity index (χ4n) is 3.72. The van der Waals surface area contributed by atoms with E-state index in [1.807, 2.05) is 55.1 Å². The van der Waals surface area contributed by atoms with Gasteiger partial charge in [0, 0.05) is 36.8 Å². The summed E-state index contributed by atoms with van der Waals surface area (Å²) in [6.45, 7) is 4.37. The Kier molecular flexibility index (Phi) is 5.87. The van der Waals surface area contributed by atoms with Crippen LogP contribution >= 0.6 is 23.4 Å². The lowest BCUT2D eigenvalue weighted by molar-refractivity contribution is -0.116. The van der Waals surface area contributed by atoms with Crippen molar-refractivity contribution in [3.05, 3.63) is 58.0 Å². The van der Waals surface area contributed by atoms with Crippen molar-refractivity contribution in [1.82, 2.24) is 9.13 Å². The van der Waals surface area contributed by atoms with Crippen LogP contribution in [-0.4, -0.2) is 39.6 Å². The molecule has 1 aromatic heterocycles. The van der Waals surface area contributed by atoms with Crippen LogP contribution in [0.5, 0.6) is 0 Å². The second-order valence-electron chi connectivity index (χ2n) is 6.92. The molecule has 1 aliphatic rings. The summed E-state index contributed by atoms with van der Waals surface area (Å²) in [5.41, 5.74) is 3.03. The lowest BCUT2D eigenvalue weighted by atomic mass is 10.2. The number of anilines is 2. The SMILES string of the molecule is CCn1c(=O)n(CC(=O)Nc2ccc(N3CCSCC3)c(Cl)c2)c2ccccc21. The molecule has 0 aliphatic carbocycles. The molecule has 1 fully saturated rings. The van der Waals surface area contributed by atoms with E-state index >= 15 is 0 Å². The number of aromatic nitrogens is 2. The first-order valence-corrected chi connectivity index (χ1v) is 11.2. The maximum atomic E-state index is 12.7. The van der Waals surface area contributed by atoms with Gasteiger partial charge in [-0.15, -0.1) is 0 Å². The number of hydrogen-bond acceptors (Lipinski definition) is 4. The Morgan fingerprint density at radius 1 is 1.10 bits per heavy atom. The molecule has 1 aliphatic heterocycles. The van der Waals surface area contributed by atoms with E-state index in [1.54, 1.807) is 10.6 Å². The lowest BCUT2D eigenvalue weighted by Gasteiger charge is -2.29. The number of rotatable bonds is 5. The summed E-state index contributed by atoms with van der Waals surface area (Å²) in [5, 5.41) is 3.49. The van der Waals surface area contributed by atoms with Gasteiger partial charge >= 0.3 is 5.69 Å². The third-order valence-electron chi connectivity index (χ3n) is 5.13. The number of carbonyl (C=O) groups is 1. The smallest absolute Gasteiger partial charge is 0.329 e. The van der Waals surface area contributed by atoms with E-state index in [4.69, 9.17) is 11.6 Å². The van der Waals surface area contributed by atoms with Gasteiger partial charge in [0.2, 0.25) is 5.91 Å². The van der Waals surface area contributed by atoms with Crippen LogP contribution < -0.4 is 15.9 Å². The molecule has 0 bridgehead atoms. The number of benzene rings is 2. The normalized spacial score (nSPS) is 14.3. The van der Waals surface area contributed by atoms with Crippen LogP contribution in [0.1, 0.15) is 6.92 Å². The molecule has 2 aromatic carbocycles. The third-order valence-corrected chi connectivity index (χ3v) is 6.37. The van der Waals surface area contributed by atoms with E-state index in [0.717, 1.165) is 41.3 Å². The van der Waals surface area contributed by atoms with Crippen LogP contribution in [-0.2, 0) is 17.9 Å².